The van der Waals surface area contributed by atoms with Crippen LogP contribution in [0.25, 0.3) is 11.1 Å². The number of primary amides is 1. The molecule has 0 aromatic heterocycles. The van der Waals surface area contributed by atoms with E-state index in [0.29, 0.717) is 11.6 Å². The topological polar surface area (TPSA) is 55.1 Å². The maximum atomic E-state index is 11.5. The van der Waals surface area contributed by atoms with Crippen LogP contribution < -0.4 is 11.1 Å². The van der Waals surface area contributed by atoms with Crippen molar-refractivity contribution in [2.75, 3.05) is 0 Å². The molecule has 0 unspecified atom stereocenters. The van der Waals surface area contributed by atoms with Crippen molar-refractivity contribution in [3.8, 4) is 11.1 Å². The van der Waals surface area contributed by atoms with Crippen LogP contribution in [-0.4, -0.2) is 11.9 Å². The molecule has 3 nitrogen and oxygen atoms in total. The van der Waals surface area contributed by atoms with Crippen molar-refractivity contribution in [1.82, 2.24) is 5.32 Å². The third kappa shape index (κ3) is 3.93. The molecule has 0 spiro atoms. The van der Waals surface area contributed by atoms with Crippen molar-refractivity contribution in [2.24, 2.45) is 5.73 Å². The second-order valence-corrected chi connectivity index (χ2v) is 7.40. The number of carbonyl (C=O) groups is 1. The zero-order valence-electron chi connectivity index (χ0n) is 15.5. The minimum absolute atomic E-state index is 0.390. The third-order valence-electron chi connectivity index (χ3n) is 5.30. The van der Waals surface area contributed by atoms with Crippen LogP contribution in [0.2, 0.25) is 0 Å². The second kappa shape index (κ2) is 7.37. The van der Waals surface area contributed by atoms with Gasteiger partial charge in [-0.25, -0.2) is 0 Å². The Morgan fingerprint density at radius 2 is 1.63 bits per heavy atom. The lowest BCUT2D eigenvalue weighted by molar-refractivity contribution is 0.1000. The molecule has 3 aromatic carbocycles. The molecule has 136 valence electrons. The van der Waals surface area contributed by atoms with E-state index in [1.165, 1.54) is 16.7 Å². The summed E-state index contributed by atoms with van der Waals surface area (Å²) < 4.78 is 0. The molecule has 3 N–H and O–H groups in total. The quantitative estimate of drug-likeness (QED) is 0.725. The molecule has 0 fully saturated rings. The summed E-state index contributed by atoms with van der Waals surface area (Å²) in [6.45, 7) is 2.84. The van der Waals surface area contributed by atoms with Crippen LogP contribution in [0.4, 0.5) is 0 Å². The standard InChI is InChI=1S/C24H24N2O/c1-16-10-21(12-22(11-16)24(25)27)18-8-6-17(7-9-18)15-26-23-13-19-4-2-3-5-20(19)14-23/h2-12,23,26H,13-15H2,1H3,(H2,25,27). The molecule has 3 aromatic rings. The number of nitrogens with two attached hydrogens (primary N) is 1. The summed E-state index contributed by atoms with van der Waals surface area (Å²) >= 11 is 0. The summed E-state index contributed by atoms with van der Waals surface area (Å²) in [6, 6.07) is 23.5. The summed E-state index contributed by atoms with van der Waals surface area (Å²) in [7, 11) is 0. The average molecular weight is 356 g/mol. The fourth-order valence-corrected chi connectivity index (χ4v) is 3.87. The van der Waals surface area contributed by atoms with E-state index in [1.807, 2.05) is 19.1 Å². The fourth-order valence-electron chi connectivity index (χ4n) is 3.87. The van der Waals surface area contributed by atoms with Crippen molar-refractivity contribution < 1.29 is 4.79 Å². The Labute approximate surface area is 160 Å². The van der Waals surface area contributed by atoms with Crippen molar-refractivity contribution >= 4 is 5.91 Å². The Hall–Kier alpha value is -2.91. The Kier molecular flexibility index (Phi) is 4.78. The summed E-state index contributed by atoms with van der Waals surface area (Å²) in [6.07, 6.45) is 2.21. The fraction of sp³-hybridized carbons (Fsp3) is 0.208. The number of benzene rings is 3. The van der Waals surface area contributed by atoms with E-state index < -0.39 is 5.91 Å². The molecular formula is C24H24N2O. The lowest BCUT2D eigenvalue weighted by atomic mass is 9.99. The van der Waals surface area contributed by atoms with Crippen LogP contribution in [0.3, 0.4) is 0 Å². The molecule has 1 aliphatic rings. The van der Waals surface area contributed by atoms with Gasteiger partial charge in [-0.15, -0.1) is 0 Å². The number of hydrogen-bond donors (Lipinski definition) is 2. The van der Waals surface area contributed by atoms with E-state index in [4.69, 9.17) is 5.73 Å². The van der Waals surface area contributed by atoms with Crippen LogP contribution in [-0.2, 0) is 19.4 Å². The Balaban J connectivity index is 1.42. The maximum Gasteiger partial charge on any atom is 0.248 e. The number of aryl methyl sites for hydroxylation is 1. The third-order valence-corrected chi connectivity index (χ3v) is 5.30. The first-order valence-corrected chi connectivity index (χ1v) is 9.39. The average Bonchev–Trinajstić information content (AvgIpc) is 3.09. The first kappa shape index (κ1) is 17.5. The van der Waals surface area contributed by atoms with Crippen LogP contribution in [0.5, 0.6) is 0 Å². The molecule has 1 aliphatic carbocycles. The van der Waals surface area contributed by atoms with Crippen molar-refractivity contribution in [2.45, 2.75) is 32.4 Å². The molecule has 4 rings (SSSR count). The molecule has 0 heterocycles. The van der Waals surface area contributed by atoms with E-state index in [-0.39, 0.29) is 0 Å². The SMILES string of the molecule is Cc1cc(C(N)=O)cc(-c2ccc(CNC3Cc4ccccc4C3)cc2)c1. The Bertz CT molecular complexity index is 951. The molecule has 0 atom stereocenters. The zero-order chi connectivity index (χ0) is 18.8. The van der Waals surface area contributed by atoms with Gasteiger partial charge in [0.1, 0.15) is 0 Å². The Morgan fingerprint density at radius 3 is 2.26 bits per heavy atom. The predicted molar refractivity (Wildman–Crippen MR) is 110 cm³/mol. The number of amides is 1. The van der Waals surface area contributed by atoms with Gasteiger partial charge in [0.2, 0.25) is 5.91 Å². The van der Waals surface area contributed by atoms with Gasteiger partial charge in [0.05, 0.1) is 0 Å². The molecule has 0 aliphatic heterocycles. The van der Waals surface area contributed by atoms with Gasteiger partial charge < -0.3 is 11.1 Å². The highest BCUT2D eigenvalue weighted by Crippen LogP contribution is 2.24. The first-order valence-electron chi connectivity index (χ1n) is 9.39. The Morgan fingerprint density at radius 1 is 0.963 bits per heavy atom. The van der Waals surface area contributed by atoms with Gasteiger partial charge in [0.15, 0.2) is 0 Å². The van der Waals surface area contributed by atoms with Crippen molar-refractivity contribution in [3.05, 3.63) is 94.5 Å². The molecule has 0 radical (unpaired) electrons. The zero-order valence-corrected chi connectivity index (χ0v) is 15.5. The lowest BCUT2D eigenvalue weighted by Gasteiger charge is -2.12. The predicted octanol–water partition coefficient (Wildman–Crippen LogP) is 4.02. The molecule has 0 saturated heterocycles. The largest absolute Gasteiger partial charge is 0.366 e. The summed E-state index contributed by atoms with van der Waals surface area (Å²) in [5, 5.41) is 3.68. The molecule has 1 amide bonds. The highest BCUT2D eigenvalue weighted by Gasteiger charge is 2.20. The van der Waals surface area contributed by atoms with E-state index in [0.717, 1.165) is 36.1 Å². The number of rotatable bonds is 5. The van der Waals surface area contributed by atoms with Gasteiger partial charge >= 0.3 is 0 Å². The van der Waals surface area contributed by atoms with Gasteiger partial charge in [-0.3, -0.25) is 4.79 Å². The van der Waals surface area contributed by atoms with E-state index in [9.17, 15) is 4.79 Å². The minimum atomic E-state index is -0.390. The van der Waals surface area contributed by atoms with E-state index in [1.54, 1.807) is 0 Å². The highest BCUT2D eigenvalue weighted by molar-refractivity contribution is 5.94. The molecule has 0 saturated carbocycles. The van der Waals surface area contributed by atoms with Gasteiger partial charge in [0.25, 0.3) is 0 Å². The second-order valence-electron chi connectivity index (χ2n) is 7.40. The highest BCUT2D eigenvalue weighted by atomic mass is 16.1. The van der Waals surface area contributed by atoms with Crippen molar-refractivity contribution in [1.29, 1.82) is 0 Å². The van der Waals surface area contributed by atoms with E-state index >= 15 is 0 Å². The molecule has 3 heteroatoms. The van der Waals surface area contributed by atoms with Gasteiger partial charge in [-0.1, -0.05) is 54.6 Å². The normalized spacial score (nSPS) is 13.5. The maximum absolute atomic E-state index is 11.5. The number of nitrogens with one attached hydrogen (secondary N) is 1. The molecule has 0 bridgehead atoms. The lowest BCUT2D eigenvalue weighted by Crippen LogP contribution is -2.28. The number of fused-ring (bicyclic) bond motifs is 1. The number of hydrogen-bond acceptors (Lipinski definition) is 2. The molecule has 27 heavy (non-hydrogen) atoms. The van der Waals surface area contributed by atoms with Crippen LogP contribution in [0.15, 0.2) is 66.7 Å². The van der Waals surface area contributed by atoms with Crippen LogP contribution in [0.1, 0.15) is 32.6 Å². The van der Waals surface area contributed by atoms with Gasteiger partial charge in [0, 0.05) is 18.2 Å². The summed E-state index contributed by atoms with van der Waals surface area (Å²) in [4.78, 5) is 11.5. The monoisotopic (exact) mass is 356 g/mol. The summed E-state index contributed by atoms with van der Waals surface area (Å²) in [5.74, 6) is -0.390. The van der Waals surface area contributed by atoms with Gasteiger partial charge in [-0.05, 0) is 65.3 Å². The van der Waals surface area contributed by atoms with Crippen LogP contribution >= 0.6 is 0 Å². The van der Waals surface area contributed by atoms with Crippen molar-refractivity contribution in [3.63, 3.8) is 0 Å². The van der Waals surface area contributed by atoms with E-state index in [2.05, 4.69) is 59.9 Å². The number of carbonyl (C=O) groups excluding carboxylic acids is 1. The summed E-state index contributed by atoms with van der Waals surface area (Å²) in [5.41, 5.74) is 13.3. The van der Waals surface area contributed by atoms with Gasteiger partial charge in [-0.2, -0.15) is 0 Å². The smallest absolute Gasteiger partial charge is 0.248 e. The minimum Gasteiger partial charge on any atom is -0.366 e. The molecular weight excluding hydrogens is 332 g/mol. The van der Waals surface area contributed by atoms with Crippen LogP contribution in [0, 0.1) is 6.92 Å². The first-order chi connectivity index (χ1) is 13.1.